The molecule has 3 heteroatoms. The van der Waals surface area contributed by atoms with Gasteiger partial charge in [-0.3, -0.25) is 0 Å². The first-order chi connectivity index (χ1) is 10.4. The van der Waals surface area contributed by atoms with E-state index >= 15 is 0 Å². The van der Waals surface area contributed by atoms with E-state index in [4.69, 9.17) is 9.15 Å². The summed E-state index contributed by atoms with van der Waals surface area (Å²) in [5, 5.41) is 3.39. The van der Waals surface area contributed by atoms with Crippen LogP contribution in [-0.2, 0) is 0 Å². The number of rotatable bonds is 6. The predicted molar refractivity (Wildman–Crippen MR) is 84.6 cm³/mol. The van der Waals surface area contributed by atoms with E-state index in [0.29, 0.717) is 6.61 Å². The van der Waals surface area contributed by atoms with Crippen molar-refractivity contribution in [1.29, 1.82) is 0 Å². The van der Waals surface area contributed by atoms with Crippen LogP contribution in [0.5, 0.6) is 5.75 Å². The van der Waals surface area contributed by atoms with Gasteiger partial charge in [-0.05, 0) is 36.4 Å². The summed E-state index contributed by atoms with van der Waals surface area (Å²) < 4.78 is 11.1. The van der Waals surface area contributed by atoms with E-state index in [0.717, 1.165) is 29.3 Å². The van der Waals surface area contributed by atoms with Gasteiger partial charge in [0.25, 0.3) is 0 Å². The number of benzene rings is 2. The van der Waals surface area contributed by atoms with Crippen molar-refractivity contribution in [3.63, 3.8) is 0 Å². The van der Waals surface area contributed by atoms with Crippen LogP contribution in [0.3, 0.4) is 0 Å². The highest BCUT2D eigenvalue weighted by Gasteiger charge is 2.06. The first kappa shape index (κ1) is 13.3. The van der Waals surface area contributed by atoms with Gasteiger partial charge in [-0.2, -0.15) is 0 Å². The molecule has 2 aromatic carbocycles. The molecular formula is C18H17NO2. The molecule has 0 radical (unpaired) electrons. The molecule has 0 amide bonds. The van der Waals surface area contributed by atoms with Gasteiger partial charge in [-0.15, -0.1) is 0 Å². The summed E-state index contributed by atoms with van der Waals surface area (Å²) in [6.07, 6.45) is 1.69. The predicted octanol–water partition coefficient (Wildman–Crippen LogP) is 4.44. The van der Waals surface area contributed by atoms with E-state index in [1.807, 2.05) is 66.7 Å². The summed E-state index contributed by atoms with van der Waals surface area (Å²) in [4.78, 5) is 0. The van der Waals surface area contributed by atoms with Crippen molar-refractivity contribution in [3.05, 3.63) is 73.0 Å². The summed E-state index contributed by atoms with van der Waals surface area (Å²) in [5.41, 5.74) is 2.10. The van der Waals surface area contributed by atoms with Crippen LogP contribution in [0.25, 0.3) is 11.3 Å². The number of anilines is 1. The number of hydrogen-bond acceptors (Lipinski definition) is 3. The molecule has 0 saturated carbocycles. The number of para-hydroxylation sites is 2. The Labute approximate surface area is 124 Å². The minimum atomic E-state index is 0.608. The molecule has 21 heavy (non-hydrogen) atoms. The zero-order valence-electron chi connectivity index (χ0n) is 11.7. The average molecular weight is 279 g/mol. The lowest BCUT2D eigenvalue weighted by molar-refractivity contribution is 0.333. The molecule has 0 aliphatic rings. The summed E-state index contributed by atoms with van der Waals surface area (Å²) in [6, 6.07) is 21.8. The minimum absolute atomic E-state index is 0.608. The average Bonchev–Trinajstić information content (AvgIpc) is 3.07. The fraction of sp³-hybridized carbons (Fsp3) is 0.111. The molecule has 3 aromatic rings. The van der Waals surface area contributed by atoms with Crippen molar-refractivity contribution < 1.29 is 9.15 Å². The monoisotopic (exact) mass is 279 g/mol. The quantitative estimate of drug-likeness (QED) is 0.677. The molecule has 1 N–H and O–H groups in total. The van der Waals surface area contributed by atoms with E-state index in [-0.39, 0.29) is 0 Å². The number of hydrogen-bond donors (Lipinski definition) is 1. The molecule has 106 valence electrons. The molecule has 0 aliphatic carbocycles. The first-order valence-corrected chi connectivity index (χ1v) is 6.98. The molecule has 1 aromatic heterocycles. The summed E-state index contributed by atoms with van der Waals surface area (Å²) in [5.74, 6) is 1.75. The van der Waals surface area contributed by atoms with E-state index in [9.17, 15) is 0 Å². The van der Waals surface area contributed by atoms with Crippen LogP contribution in [-0.4, -0.2) is 13.2 Å². The Bertz CT molecular complexity index is 663. The third-order valence-corrected chi connectivity index (χ3v) is 3.14. The SMILES string of the molecule is c1ccc(OCCNc2ccccc2-c2ccco2)cc1. The Hall–Kier alpha value is -2.68. The second-order valence-corrected chi connectivity index (χ2v) is 4.61. The Kier molecular flexibility index (Phi) is 4.22. The van der Waals surface area contributed by atoms with Crippen molar-refractivity contribution in [2.24, 2.45) is 0 Å². The fourth-order valence-corrected chi connectivity index (χ4v) is 2.16. The number of furan rings is 1. The second-order valence-electron chi connectivity index (χ2n) is 4.61. The number of nitrogens with one attached hydrogen (secondary N) is 1. The third-order valence-electron chi connectivity index (χ3n) is 3.14. The van der Waals surface area contributed by atoms with Crippen LogP contribution in [0.2, 0.25) is 0 Å². The van der Waals surface area contributed by atoms with Crippen molar-refractivity contribution in [2.45, 2.75) is 0 Å². The van der Waals surface area contributed by atoms with E-state index in [1.54, 1.807) is 6.26 Å². The normalized spacial score (nSPS) is 10.3. The fourth-order valence-electron chi connectivity index (χ4n) is 2.16. The van der Waals surface area contributed by atoms with Crippen molar-refractivity contribution in [2.75, 3.05) is 18.5 Å². The van der Waals surface area contributed by atoms with Crippen molar-refractivity contribution in [3.8, 4) is 17.1 Å². The molecular weight excluding hydrogens is 262 g/mol. The Morgan fingerprint density at radius 3 is 2.48 bits per heavy atom. The number of ether oxygens (including phenoxy) is 1. The molecule has 3 rings (SSSR count). The maximum Gasteiger partial charge on any atom is 0.135 e. The molecule has 1 heterocycles. The highest BCUT2D eigenvalue weighted by atomic mass is 16.5. The van der Waals surface area contributed by atoms with Gasteiger partial charge in [0.1, 0.15) is 18.1 Å². The summed E-state index contributed by atoms with van der Waals surface area (Å²) in [6.45, 7) is 1.34. The van der Waals surface area contributed by atoms with Gasteiger partial charge in [0.15, 0.2) is 0 Å². The molecule has 0 spiro atoms. The van der Waals surface area contributed by atoms with Crippen LogP contribution >= 0.6 is 0 Å². The lowest BCUT2D eigenvalue weighted by Crippen LogP contribution is -2.11. The van der Waals surface area contributed by atoms with E-state index in [2.05, 4.69) is 5.32 Å². The minimum Gasteiger partial charge on any atom is -0.492 e. The Morgan fingerprint density at radius 2 is 1.67 bits per heavy atom. The zero-order chi connectivity index (χ0) is 14.3. The maximum atomic E-state index is 5.67. The van der Waals surface area contributed by atoms with Gasteiger partial charge in [0.05, 0.1) is 6.26 Å². The van der Waals surface area contributed by atoms with Crippen LogP contribution < -0.4 is 10.1 Å². The van der Waals surface area contributed by atoms with Gasteiger partial charge in [0, 0.05) is 17.8 Å². The van der Waals surface area contributed by atoms with E-state index < -0.39 is 0 Å². The first-order valence-electron chi connectivity index (χ1n) is 6.98. The van der Waals surface area contributed by atoms with Crippen molar-refractivity contribution >= 4 is 5.69 Å². The third kappa shape index (κ3) is 3.45. The molecule has 0 unspecified atom stereocenters. The van der Waals surface area contributed by atoms with Crippen LogP contribution in [0.15, 0.2) is 77.4 Å². The van der Waals surface area contributed by atoms with Gasteiger partial charge in [-0.25, -0.2) is 0 Å². The highest BCUT2D eigenvalue weighted by Crippen LogP contribution is 2.27. The van der Waals surface area contributed by atoms with Crippen molar-refractivity contribution in [1.82, 2.24) is 0 Å². The largest absolute Gasteiger partial charge is 0.492 e. The van der Waals surface area contributed by atoms with Gasteiger partial charge in [0.2, 0.25) is 0 Å². The summed E-state index contributed by atoms with van der Waals surface area (Å²) >= 11 is 0. The van der Waals surface area contributed by atoms with E-state index in [1.165, 1.54) is 0 Å². The van der Waals surface area contributed by atoms with Gasteiger partial charge < -0.3 is 14.5 Å². The Morgan fingerprint density at radius 1 is 0.857 bits per heavy atom. The molecule has 0 saturated heterocycles. The van der Waals surface area contributed by atoms with Crippen LogP contribution in [0.1, 0.15) is 0 Å². The standard InChI is InChI=1S/C18H17NO2/c1-2-7-15(8-3-1)20-14-12-19-17-10-5-4-9-16(17)18-11-6-13-21-18/h1-11,13,19H,12,14H2. The lowest BCUT2D eigenvalue weighted by Gasteiger charge is -2.11. The molecule has 0 fully saturated rings. The second kappa shape index (κ2) is 6.66. The molecule has 0 bridgehead atoms. The highest BCUT2D eigenvalue weighted by molar-refractivity contribution is 5.74. The smallest absolute Gasteiger partial charge is 0.135 e. The lowest BCUT2D eigenvalue weighted by atomic mass is 10.1. The van der Waals surface area contributed by atoms with Crippen LogP contribution in [0.4, 0.5) is 5.69 Å². The Balaban J connectivity index is 1.59. The van der Waals surface area contributed by atoms with Gasteiger partial charge >= 0.3 is 0 Å². The summed E-state index contributed by atoms with van der Waals surface area (Å²) in [7, 11) is 0. The molecule has 0 aliphatic heterocycles. The maximum absolute atomic E-state index is 5.67. The molecule has 3 nitrogen and oxygen atoms in total. The topological polar surface area (TPSA) is 34.4 Å². The van der Waals surface area contributed by atoms with Gasteiger partial charge in [-0.1, -0.05) is 30.3 Å². The molecule has 0 atom stereocenters. The van der Waals surface area contributed by atoms with Crippen LogP contribution in [0, 0.1) is 0 Å². The zero-order valence-corrected chi connectivity index (χ0v) is 11.7.